The van der Waals surface area contributed by atoms with Crippen molar-refractivity contribution in [3.05, 3.63) is 95.2 Å². The molecule has 2 aliphatic rings. The molecule has 4 nitrogen and oxygen atoms in total. The first-order valence-corrected chi connectivity index (χ1v) is 9.65. The summed E-state index contributed by atoms with van der Waals surface area (Å²) in [4.78, 5) is 22.3. The van der Waals surface area contributed by atoms with Crippen molar-refractivity contribution in [1.82, 2.24) is 9.80 Å². The summed E-state index contributed by atoms with van der Waals surface area (Å²) in [6.07, 6.45) is 1.80. The van der Waals surface area contributed by atoms with Gasteiger partial charge in [0.05, 0.1) is 18.3 Å². The Hall–Kier alpha value is -3.14. The minimum Gasteiger partial charge on any atom is -0.368 e. The Labute approximate surface area is 166 Å². The Morgan fingerprint density at radius 2 is 1.86 bits per heavy atom. The number of carbonyl (C=O) groups excluding carboxylic acids is 1. The molecule has 4 rings (SSSR count). The first kappa shape index (κ1) is 18.2. The molecule has 0 aliphatic carbocycles. The highest BCUT2D eigenvalue weighted by Gasteiger charge is 2.44. The lowest BCUT2D eigenvalue weighted by molar-refractivity contribution is -0.127. The molecule has 2 aromatic carbocycles. The van der Waals surface area contributed by atoms with E-state index in [1.54, 1.807) is 6.08 Å². The quantitative estimate of drug-likeness (QED) is 0.768. The number of likely N-dealkylation sites (N-methyl/N-ethyl adjacent to an activating group) is 1. The second-order valence-corrected chi connectivity index (χ2v) is 7.34. The molecule has 0 bridgehead atoms. The number of aryl methyl sites for hydroxylation is 1. The Bertz CT molecular complexity index is 957. The second kappa shape index (κ2) is 7.47. The molecule has 1 unspecified atom stereocenters. The molecule has 2 heterocycles. The maximum absolute atomic E-state index is 13.4. The van der Waals surface area contributed by atoms with E-state index in [1.165, 1.54) is 5.56 Å². The van der Waals surface area contributed by atoms with Crippen LogP contribution in [0.1, 0.15) is 22.7 Å². The summed E-state index contributed by atoms with van der Waals surface area (Å²) in [6, 6.07) is 18.5. The predicted molar refractivity (Wildman–Crippen MR) is 113 cm³/mol. The van der Waals surface area contributed by atoms with Gasteiger partial charge in [-0.25, -0.2) is 0 Å². The smallest absolute Gasteiger partial charge is 0.271 e. The van der Waals surface area contributed by atoms with Crippen molar-refractivity contribution in [3.8, 4) is 0 Å². The molecular weight excluding hydrogens is 346 g/mol. The molecule has 1 atom stereocenters. The van der Waals surface area contributed by atoms with Gasteiger partial charge in [-0.1, -0.05) is 66.2 Å². The number of hydrogen-bond donors (Lipinski definition) is 0. The molecule has 0 aromatic heterocycles. The van der Waals surface area contributed by atoms with E-state index in [0.717, 1.165) is 34.7 Å². The van der Waals surface area contributed by atoms with Crippen LogP contribution < -0.4 is 0 Å². The highest BCUT2D eigenvalue weighted by Crippen LogP contribution is 2.41. The maximum atomic E-state index is 13.4. The van der Waals surface area contributed by atoms with Gasteiger partial charge in [0.25, 0.3) is 5.91 Å². The molecule has 142 valence electrons. The van der Waals surface area contributed by atoms with E-state index < -0.39 is 0 Å². The minimum atomic E-state index is -0.166. The van der Waals surface area contributed by atoms with Crippen molar-refractivity contribution in [2.75, 3.05) is 26.7 Å². The SMILES string of the molecule is C=CCN1C(=O)C2=C(C(c3ccccc3)=NCCN2C)C1c1ccc(C)cc1. The van der Waals surface area contributed by atoms with Gasteiger partial charge >= 0.3 is 0 Å². The molecule has 4 heteroatoms. The van der Waals surface area contributed by atoms with Crippen molar-refractivity contribution in [2.45, 2.75) is 13.0 Å². The van der Waals surface area contributed by atoms with Gasteiger partial charge in [-0.3, -0.25) is 9.79 Å². The number of aliphatic imine (C=N–C) groups is 1. The van der Waals surface area contributed by atoms with Crippen LogP contribution in [0.4, 0.5) is 0 Å². The van der Waals surface area contributed by atoms with Crippen LogP contribution in [0.3, 0.4) is 0 Å². The number of nitrogens with zero attached hydrogens (tertiary/aromatic N) is 3. The lowest BCUT2D eigenvalue weighted by Gasteiger charge is -2.27. The molecule has 1 amide bonds. The van der Waals surface area contributed by atoms with Gasteiger partial charge in [0.1, 0.15) is 5.70 Å². The van der Waals surface area contributed by atoms with Gasteiger partial charge in [-0.2, -0.15) is 0 Å². The monoisotopic (exact) mass is 371 g/mol. The molecule has 28 heavy (non-hydrogen) atoms. The molecule has 0 spiro atoms. The Balaban J connectivity index is 1.93. The van der Waals surface area contributed by atoms with Gasteiger partial charge < -0.3 is 9.80 Å². The number of hydrogen-bond acceptors (Lipinski definition) is 3. The summed E-state index contributed by atoms with van der Waals surface area (Å²) in [7, 11) is 1.99. The fourth-order valence-electron chi connectivity index (χ4n) is 4.04. The zero-order valence-electron chi connectivity index (χ0n) is 16.4. The second-order valence-electron chi connectivity index (χ2n) is 7.34. The third-order valence-electron chi connectivity index (χ3n) is 5.41. The van der Waals surface area contributed by atoms with Crippen molar-refractivity contribution >= 4 is 11.6 Å². The fourth-order valence-corrected chi connectivity index (χ4v) is 4.04. The van der Waals surface area contributed by atoms with Gasteiger partial charge in [0.2, 0.25) is 0 Å². The van der Waals surface area contributed by atoms with Crippen LogP contribution in [0.25, 0.3) is 0 Å². The molecular formula is C24H25N3O. The minimum absolute atomic E-state index is 0.0495. The summed E-state index contributed by atoms with van der Waals surface area (Å²) < 4.78 is 0. The standard InChI is InChI=1S/C24H25N3O/c1-4-15-27-22(19-12-10-17(2)11-13-19)20-21(18-8-6-5-7-9-18)25-14-16-26(3)23(20)24(27)28/h4-13,22H,1,14-16H2,2-3H3. The van der Waals surface area contributed by atoms with Crippen LogP contribution >= 0.6 is 0 Å². The van der Waals surface area contributed by atoms with E-state index in [1.807, 2.05) is 30.1 Å². The van der Waals surface area contributed by atoms with Crippen LogP contribution in [0, 0.1) is 6.92 Å². The van der Waals surface area contributed by atoms with Crippen LogP contribution in [0.15, 0.2) is 83.5 Å². The maximum Gasteiger partial charge on any atom is 0.271 e. The summed E-state index contributed by atoms with van der Waals surface area (Å²) in [5.74, 6) is 0.0495. The van der Waals surface area contributed by atoms with E-state index >= 15 is 0 Å². The first-order chi connectivity index (χ1) is 13.6. The molecule has 0 radical (unpaired) electrons. The lowest BCUT2D eigenvalue weighted by atomic mass is 9.91. The van der Waals surface area contributed by atoms with Gasteiger partial charge in [0.15, 0.2) is 0 Å². The van der Waals surface area contributed by atoms with Crippen LogP contribution in [-0.2, 0) is 4.79 Å². The van der Waals surface area contributed by atoms with E-state index in [4.69, 9.17) is 4.99 Å². The van der Waals surface area contributed by atoms with Gasteiger partial charge in [-0.15, -0.1) is 6.58 Å². The highest BCUT2D eigenvalue weighted by molar-refractivity contribution is 6.19. The number of benzene rings is 2. The first-order valence-electron chi connectivity index (χ1n) is 9.65. The largest absolute Gasteiger partial charge is 0.368 e. The zero-order chi connectivity index (χ0) is 19.7. The molecule has 2 aliphatic heterocycles. The van der Waals surface area contributed by atoms with Crippen molar-refractivity contribution in [3.63, 3.8) is 0 Å². The predicted octanol–water partition coefficient (Wildman–Crippen LogP) is 3.75. The number of carbonyl (C=O) groups is 1. The fraction of sp³-hybridized carbons (Fsp3) is 0.250. The summed E-state index contributed by atoms with van der Waals surface area (Å²) in [5.41, 5.74) is 6.03. The Morgan fingerprint density at radius 3 is 2.54 bits per heavy atom. The van der Waals surface area contributed by atoms with E-state index in [-0.39, 0.29) is 11.9 Å². The van der Waals surface area contributed by atoms with Crippen molar-refractivity contribution in [1.29, 1.82) is 0 Å². The molecule has 2 aromatic rings. The average molecular weight is 371 g/mol. The number of amides is 1. The summed E-state index contributed by atoms with van der Waals surface area (Å²) >= 11 is 0. The van der Waals surface area contributed by atoms with Crippen molar-refractivity contribution < 1.29 is 4.79 Å². The van der Waals surface area contributed by atoms with Crippen LogP contribution in [0.2, 0.25) is 0 Å². The lowest BCUT2D eigenvalue weighted by Crippen LogP contribution is -2.34. The van der Waals surface area contributed by atoms with Gasteiger partial charge in [-0.05, 0) is 12.5 Å². The molecule has 0 N–H and O–H groups in total. The number of rotatable bonds is 4. The summed E-state index contributed by atoms with van der Waals surface area (Å²) in [5, 5.41) is 0. The normalized spacial score (nSPS) is 19.4. The third kappa shape index (κ3) is 3.05. The van der Waals surface area contributed by atoms with E-state index in [9.17, 15) is 4.79 Å². The Kier molecular flexibility index (Phi) is 4.86. The highest BCUT2D eigenvalue weighted by atomic mass is 16.2. The topological polar surface area (TPSA) is 35.9 Å². The molecule has 0 fully saturated rings. The van der Waals surface area contributed by atoms with Crippen LogP contribution in [0.5, 0.6) is 0 Å². The Morgan fingerprint density at radius 1 is 1.14 bits per heavy atom. The third-order valence-corrected chi connectivity index (χ3v) is 5.41. The van der Waals surface area contributed by atoms with Crippen molar-refractivity contribution in [2.24, 2.45) is 4.99 Å². The molecule has 0 saturated carbocycles. The van der Waals surface area contributed by atoms with Gasteiger partial charge in [0, 0.05) is 31.3 Å². The van der Waals surface area contributed by atoms with Crippen LogP contribution in [-0.4, -0.2) is 48.1 Å². The zero-order valence-corrected chi connectivity index (χ0v) is 16.4. The van der Waals surface area contributed by atoms with E-state index in [0.29, 0.717) is 13.1 Å². The average Bonchev–Trinajstić information content (AvgIpc) is 2.87. The molecule has 0 saturated heterocycles. The van der Waals surface area contributed by atoms with E-state index in [2.05, 4.69) is 54.8 Å². The summed E-state index contributed by atoms with van der Waals surface area (Å²) in [6.45, 7) is 7.85.